The maximum atomic E-state index is 5.92. The van der Waals surface area contributed by atoms with Gasteiger partial charge in [0, 0.05) is 19.7 Å². The molecule has 0 atom stereocenters. The van der Waals surface area contributed by atoms with E-state index in [1.54, 1.807) is 4.90 Å². The highest BCUT2D eigenvalue weighted by molar-refractivity contribution is 6.28. The maximum Gasteiger partial charge on any atom is 0.328 e. The molecule has 0 saturated heterocycles. The minimum atomic E-state index is -0.0439. The topological polar surface area (TPSA) is 51.1 Å². The molecule has 0 aliphatic carbocycles. The standard InChI is InChI=1S/C15H19ClN4O/c1-15(2,3)10-8-6-7-9-11(10)21-14-18-12(16)17-13(19-14)20(4)5/h6-9H,1-5H3. The van der Waals surface area contributed by atoms with E-state index in [1.165, 1.54) is 0 Å². The number of hydrogen-bond donors (Lipinski definition) is 0. The Morgan fingerprint density at radius 2 is 1.71 bits per heavy atom. The third-order valence-electron chi connectivity index (χ3n) is 2.87. The van der Waals surface area contributed by atoms with E-state index in [0.717, 1.165) is 11.3 Å². The van der Waals surface area contributed by atoms with E-state index in [0.29, 0.717) is 5.95 Å². The summed E-state index contributed by atoms with van der Waals surface area (Å²) in [5, 5.41) is 0.108. The van der Waals surface area contributed by atoms with E-state index in [9.17, 15) is 0 Å². The number of aromatic nitrogens is 3. The van der Waals surface area contributed by atoms with Crippen molar-refractivity contribution in [3.63, 3.8) is 0 Å². The van der Waals surface area contributed by atoms with Gasteiger partial charge in [0.1, 0.15) is 5.75 Å². The Morgan fingerprint density at radius 3 is 2.33 bits per heavy atom. The molecule has 0 amide bonds. The number of para-hydroxylation sites is 1. The van der Waals surface area contributed by atoms with Gasteiger partial charge in [-0.05, 0) is 23.1 Å². The van der Waals surface area contributed by atoms with Gasteiger partial charge >= 0.3 is 6.01 Å². The predicted molar refractivity (Wildman–Crippen MR) is 84.4 cm³/mol. The fraction of sp³-hybridized carbons (Fsp3) is 0.400. The second-order valence-corrected chi connectivity index (χ2v) is 6.27. The molecule has 0 saturated carbocycles. The monoisotopic (exact) mass is 306 g/mol. The van der Waals surface area contributed by atoms with Gasteiger partial charge in [0.25, 0.3) is 0 Å². The summed E-state index contributed by atoms with van der Waals surface area (Å²) < 4.78 is 5.83. The summed E-state index contributed by atoms with van der Waals surface area (Å²) in [4.78, 5) is 14.1. The third-order valence-corrected chi connectivity index (χ3v) is 3.04. The molecule has 1 aromatic heterocycles. The van der Waals surface area contributed by atoms with Crippen LogP contribution in [-0.4, -0.2) is 29.0 Å². The Kier molecular flexibility index (Phi) is 4.32. The first kappa shape index (κ1) is 15.5. The number of halogens is 1. The fourth-order valence-electron chi connectivity index (χ4n) is 1.84. The normalized spacial score (nSPS) is 11.3. The summed E-state index contributed by atoms with van der Waals surface area (Å²) in [7, 11) is 3.66. The molecule has 0 aliphatic heterocycles. The second-order valence-electron chi connectivity index (χ2n) is 5.93. The summed E-state index contributed by atoms with van der Waals surface area (Å²) in [6.45, 7) is 6.38. The number of benzene rings is 1. The van der Waals surface area contributed by atoms with Crippen LogP contribution < -0.4 is 9.64 Å². The molecule has 1 heterocycles. The molecule has 0 radical (unpaired) electrons. The van der Waals surface area contributed by atoms with Crippen molar-refractivity contribution < 1.29 is 4.74 Å². The van der Waals surface area contributed by atoms with E-state index in [-0.39, 0.29) is 16.7 Å². The summed E-state index contributed by atoms with van der Waals surface area (Å²) >= 11 is 5.92. The van der Waals surface area contributed by atoms with Crippen LogP contribution >= 0.6 is 11.6 Å². The van der Waals surface area contributed by atoms with Gasteiger partial charge < -0.3 is 9.64 Å². The van der Waals surface area contributed by atoms with Crippen LogP contribution in [0.4, 0.5) is 5.95 Å². The predicted octanol–water partition coefficient (Wildman–Crippen LogP) is 3.68. The lowest BCUT2D eigenvalue weighted by atomic mass is 9.86. The zero-order chi connectivity index (χ0) is 15.6. The SMILES string of the molecule is CN(C)c1nc(Cl)nc(Oc2ccccc2C(C)(C)C)n1. The molecule has 112 valence electrons. The molecule has 0 unspecified atom stereocenters. The quantitative estimate of drug-likeness (QED) is 0.865. The highest BCUT2D eigenvalue weighted by Crippen LogP contribution is 2.33. The summed E-state index contributed by atoms with van der Waals surface area (Å²) in [5.41, 5.74) is 1.03. The first-order valence-corrected chi connectivity index (χ1v) is 7.01. The average Bonchev–Trinajstić information content (AvgIpc) is 2.37. The highest BCUT2D eigenvalue weighted by Gasteiger charge is 2.20. The summed E-state index contributed by atoms with van der Waals surface area (Å²) in [6, 6.07) is 8.02. The van der Waals surface area contributed by atoms with Crippen LogP contribution in [0.15, 0.2) is 24.3 Å². The van der Waals surface area contributed by atoms with E-state index in [2.05, 4.69) is 35.7 Å². The molecule has 2 aromatic rings. The Labute approximate surface area is 130 Å². The molecular weight excluding hydrogens is 288 g/mol. The van der Waals surface area contributed by atoms with Crippen LogP contribution in [0.25, 0.3) is 0 Å². The maximum absolute atomic E-state index is 5.92. The van der Waals surface area contributed by atoms with E-state index < -0.39 is 0 Å². The molecule has 21 heavy (non-hydrogen) atoms. The number of nitrogens with zero attached hydrogens (tertiary/aromatic N) is 4. The molecule has 0 bridgehead atoms. The van der Waals surface area contributed by atoms with Gasteiger partial charge in [0.2, 0.25) is 11.2 Å². The molecule has 0 spiro atoms. The van der Waals surface area contributed by atoms with Crippen LogP contribution in [0.1, 0.15) is 26.3 Å². The van der Waals surface area contributed by atoms with Crippen molar-refractivity contribution >= 4 is 17.5 Å². The van der Waals surface area contributed by atoms with Crippen molar-refractivity contribution in [3.05, 3.63) is 35.1 Å². The number of anilines is 1. The van der Waals surface area contributed by atoms with Crippen LogP contribution in [0, 0.1) is 0 Å². The van der Waals surface area contributed by atoms with Crippen LogP contribution in [0.3, 0.4) is 0 Å². The molecule has 0 N–H and O–H groups in total. The first-order valence-electron chi connectivity index (χ1n) is 6.63. The van der Waals surface area contributed by atoms with E-state index in [4.69, 9.17) is 16.3 Å². The Morgan fingerprint density at radius 1 is 1.05 bits per heavy atom. The smallest absolute Gasteiger partial charge is 0.328 e. The Balaban J connectivity index is 2.39. The van der Waals surface area contributed by atoms with Crippen LogP contribution in [0.2, 0.25) is 5.28 Å². The molecule has 0 aliphatic rings. The van der Waals surface area contributed by atoms with Gasteiger partial charge in [-0.3, -0.25) is 0 Å². The molecule has 1 aromatic carbocycles. The van der Waals surface area contributed by atoms with Crippen molar-refractivity contribution in [2.45, 2.75) is 26.2 Å². The molecular formula is C15H19ClN4O. The minimum Gasteiger partial charge on any atom is -0.424 e. The van der Waals surface area contributed by atoms with Gasteiger partial charge in [0.15, 0.2) is 0 Å². The molecule has 5 nitrogen and oxygen atoms in total. The molecule has 0 fully saturated rings. The van der Waals surface area contributed by atoms with Crippen molar-refractivity contribution in [3.8, 4) is 11.8 Å². The lowest BCUT2D eigenvalue weighted by molar-refractivity contribution is 0.421. The first-order chi connectivity index (χ1) is 9.77. The van der Waals surface area contributed by atoms with Crippen molar-refractivity contribution in [2.24, 2.45) is 0 Å². The average molecular weight is 307 g/mol. The Hall–Kier alpha value is -1.88. The highest BCUT2D eigenvalue weighted by atomic mass is 35.5. The van der Waals surface area contributed by atoms with Gasteiger partial charge in [-0.25, -0.2) is 0 Å². The van der Waals surface area contributed by atoms with Gasteiger partial charge in [0.05, 0.1) is 0 Å². The zero-order valence-corrected chi connectivity index (χ0v) is 13.6. The van der Waals surface area contributed by atoms with Crippen LogP contribution in [0.5, 0.6) is 11.8 Å². The largest absolute Gasteiger partial charge is 0.424 e. The summed E-state index contributed by atoms with van der Waals surface area (Å²) in [5.74, 6) is 1.18. The lowest BCUT2D eigenvalue weighted by Gasteiger charge is -2.22. The van der Waals surface area contributed by atoms with E-state index >= 15 is 0 Å². The third kappa shape index (κ3) is 3.82. The minimum absolute atomic E-state index is 0.0439. The van der Waals surface area contributed by atoms with Gasteiger partial charge in [-0.2, -0.15) is 15.0 Å². The van der Waals surface area contributed by atoms with Gasteiger partial charge in [-0.1, -0.05) is 39.0 Å². The fourth-order valence-corrected chi connectivity index (χ4v) is 1.99. The number of rotatable bonds is 3. The van der Waals surface area contributed by atoms with Crippen LogP contribution in [-0.2, 0) is 5.41 Å². The summed E-state index contributed by atoms with van der Waals surface area (Å²) in [6.07, 6.45) is 0. The molecule has 2 rings (SSSR count). The second kappa shape index (κ2) is 5.85. The Bertz CT molecular complexity index is 638. The zero-order valence-electron chi connectivity index (χ0n) is 12.9. The van der Waals surface area contributed by atoms with Crippen molar-refractivity contribution in [1.82, 2.24) is 15.0 Å². The number of ether oxygens (including phenoxy) is 1. The molecule has 6 heteroatoms. The van der Waals surface area contributed by atoms with Crippen molar-refractivity contribution in [1.29, 1.82) is 0 Å². The van der Waals surface area contributed by atoms with E-state index in [1.807, 2.05) is 38.4 Å². The number of hydrogen-bond acceptors (Lipinski definition) is 5. The lowest BCUT2D eigenvalue weighted by Crippen LogP contribution is -2.15. The van der Waals surface area contributed by atoms with Crippen molar-refractivity contribution in [2.75, 3.05) is 19.0 Å². The van der Waals surface area contributed by atoms with Gasteiger partial charge in [-0.15, -0.1) is 0 Å².